The summed E-state index contributed by atoms with van der Waals surface area (Å²) in [6.45, 7) is 0. The predicted octanol–water partition coefficient (Wildman–Crippen LogP) is 0.904. The van der Waals surface area contributed by atoms with Crippen molar-refractivity contribution in [2.24, 2.45) is 3.92 Å². The fourth-order valence-electron chi connectivity index (χ4n) is 0. The molecule has 0 N–H and O–H groups in total. The van der Waals surface area contributed by atoms with Crippen LogP contribution >= 0.6 is 9.69 Å². The van der Waals surface area contributed by atoms with Crippen LogP contribution in [0, 0.1) is 4.91 Å². The molecule has 0 amide bonds. The first kappa shape index (κ1) is 4.51. The zero-order chi connectivity index (χ0) is 3.41. The first-order valence-corrected chi connectivity index (χ1v) is 3.49. The molecule has 26 valence electrons. The van der Waals surface area contributed by atoms with Crippen LogP contribution in [-0.4, -0.2) is 0 Å². The zero-order valence-electron chi connectivity index (χ0n) is 1.59. The van der Waals surface area contributed by atoms with Crippen molar-refractivity contribution in [1.29, 1.82) is 0 Å². The van der Waals surface area contributed by atoms with Gasteiger partial charge in [-0.2, -0.15) is 0 Å². The van der Waals surface area contributed by atoms with E-state index < -0.39 is 16.4 Å². The molecule has 0 saturated heterocycles. The third-order valence-electron chi connectivity index (χ3n) is 0.0244. The summed E-state index contributed by atoms with van der Waals surface area (Å²) in [6, 6.07) is 0. The molecule has 4 heteroatoms. The maximum atomic E-state index is 8.83. The molecule has 0 unspecified atom stereocenters. The van der Waals surface area contributed by atoms with Gasteiger partial charge < -0.3 is 0 Å². The summed E-state index contributed by atoms with van der Waals surface area (Å²) >= 11 is -0.719. The number of rotatable bonds is 1. The summed E-state index contributed by atoms with van der Waals surface area (Å²) in [5.41, 5.74) is 0. The van der Waals surface area contributed by atoms with Crippen LogP contribution < -0.4 is 0 Å². The van der Waals surface area contributed by atoms with Crippen molar-refractivity contribution in [3.63, 3.8) is 0 Å². The van der Waals surface area contributed by atoms with E-state index in [9.17, 15) is 0 Å². The van der Waals surface area contributed by atoms with Crippen LogP contribution in [0.2, 0.25) is 0 Å². The fourth-order valence-corrected chi connectivity index (χ4v) is 0. The number of nitroso groups, excluding NO2 is 1. The Bertz CT molecular complexity index is 22.0. The molecule has 0 aliphatic heterocycles. The quantitative estimate of drug-likeness (QED) is 0.421. The van der Waals surface area contributed by atoms with Gasteiger partial charge in [0, 0.05) is 0 Å². The van der Waals surface area contributed by atoms with E-state index >= 15 is 0 Å². The van der Waals surface area contributed by atoms with Gasteiger partial charge in [-0.3, -0.25) is 0 Å². The number of nitrogens with zero attached hydrogens (tertiary/aromatic N) is 1. The Morgan fingerprint density at radius 2 is 2.25 bits per heavy atom. The Hall–Kier alpha value is 0.513. The average Bonchev–Trinajstić information content (AvgIpc) is 1.37. The van der Waals surface area contributed by atoms with Gasteiger partial charge in [-0.1, -0.05) is 0 Å². The summed E-state index contributed by atoms with van der Waals surface area (Å²) in [5, 5.41) is 0. The van der Waals surface area contributed by atoms with Crippen molar-refractivity contribution in [2.45, 2.75) is 0 Å². The number of hydrogen-bond acceptors (Lipinski definition) is 2. The molecule has 0 atom stereocenters. The van der Waals surface area contributed by atoms with Crippen molar-refractivity contribution >= 4 is 9.69 Å². The van der Waals surface area contributed by atoms with E-state index in [0.717, 1.165) is 0 Å². The normalized spacial score (nSPS) is 7.25. The number of halogens is 1. The minimum absolute atomic E-state index is 0.719. The maximum absolute atomic E-state index is 8.83. The van der Waals surface area contributed by atoms with E-state index in [4.69, 9.17) is 14.6 Å². The summed E-state index contributed by atoms with van der Waals surface area (Å²) in [7, 11) is 4.80. The Morgan fingerprint density at radius 1 is 2.00 bits per heavy atom. The first-order valence-electron chi connectivity index (χ1n) is 0.474. The van der Waals surface area contributed by atoms with Crippen molar-refractivity contribution in [3.05, 3.63) is 4.91 Å². The molecule has 0 radical (unpaired) electrons. The standard InChI is InChI=1S/ClH.NO.Ru/c;1-2;/h1H;;/q;-1;+2/p-1. The molecule has 0 aromatic carbocycles. The van der Waals surface area contributed by atoms with Crippen LogP contribution in [0.5, 0.6) is 0 Å². The zero-order valence-corrected chi connectivity index (χ0v) is 4.08. The van der Waals surface area contributed by atoms with Gasteiger partial charge >= 0.3 is 34.9 Å². The molecule has 0 heterocycles. The van der Waals surface area contributed by atoms with Crippen LogP contribution in [0.4, 0.5) is 0 Å². The van der Waals surface area contributed by atoms with E-state index in [1.807, 2.05) is 0 Å². The van der Waals surface area contributed by atoms with Gasteiger partial charge in [0.15, 0.2) is 0 Å². The van der Waals surface area contributed by atoms with Gasteiger partial charge in [-0.15, -0.1) is 0 Å². The fraction of sp³-hybridized carbons (Fsp3) is 0. The molecular formula is ClNORu. The van der Waals surface area contributed by atoms with Crippen LogP contribution in [0.15, 0.2) is 3.92 Å². The van der Waals surface area contributed by atoms with Gasteiger partial charge in [0.2, 0.25) is 0 Å². The molecule has 0 aliphatic rings. The Labute approximate surface area is 35.4 Å². The Balaban J connectivity index is 2.30. The second kappa shape index (κ2) is 3.51. The summed E-state index contributed by atoms with van der Waals surface area (Å²) in [5.74, 6) is 0. The van der Waals surface area contributed by atoms with E-state index in [1.54, 1.807) is 0 Å². The summed E-state index contributed by atoms with van der Waals surface area (Å²) in [6.07, 6.45) is 0. The second-order valence-electron chi connectivity index (χ2n) is 0.124. The molecule has 0 aliphatic carbocycles. The SMILES string of the molecule is O=[N][Ru][Cl]. The number of hydrogen-bond donors (Lipinski definition) is 0. The van der Waals surface area contributed by atoms with Crippen molar-refractivity contribution in [1.82, 2.24) is 0 Å². The summed E-state index contributed by atoms with van der Waals surface area (Å²) < 4.78 is 2.34. The van der Waals surface area contributed by atoms with E-state index in [2.05, 4.69) is 3.92 Å². The molecule has 4 heavy (non-hydrogen) atoms. The van der Waals surface area contributed by atoms with Gasteiger partial charge in [-0.25, -0.2) is 0 Å². The van der Waals surface area contributed by atoms with E-state index in [0.29, 0.717) is 0 Å². The van der Waals surface area contributed by atoms with Gasteiger partial charge in [-0.05, 0) is 0 Å². The molecule has 0 rings (SSSR count). The Kier molecular flexibility index (Phi) is 3.96. The summed E-state index contributed by atoms with van der Waals surface area (Å²) in [4.78, 5) is 8.83. The molecule has 0 saturated carbocycles. The molecule has 0 aromatic rings. The topological polar surface area (TPSA) is 29.4 Å². The average molecular weight is 167 g/mol. The van der Waals surface area contributed by atoms with Crippen molar-refractivity contribution < 1.29 is 16.4 Å². The van der Waals surface area contributed by atoms with Gasteiger partial charge in [0.25, 0.3) is 0 Å². The van der Waals surface area contributed by atoms with Crippen LogP contribution in [0.1, 0.15) is 0 Å². The third kappa shape index (κ3) is 2.51. The predicted molar refractivity (Wildman–Crippen MR) is 11.6 cm³/mol. The van der Waals surface area contributed by atoms with Crippen LogP contribution in [0.3, 0.4) is 0 Å². The van der Waals surface area contributed by atoms with E-state index in [1.165, 1.54) is 0 Å². The third-order valence-corrected chi connectivity index (χ3v) is 0.433. The molecule has 0 bridgehead atoms. The van der Waals surface area contributed by atoms with Gasteiger partial charge in [0.05, 0.1) is 0 Å². The monoisotopic (exact) mass is 167 g/mol. The molecule has 0 fully saturated rings. The van der Waals surface area contributed by atoms with E-state index in [-0.39, 0.29) is 0 Å². The molecular weight excluding hydrogens is 167 g/mol. The van der Waals surface area contributed by atoms with Crippen molar-refractivity contribution in [3.8, 4) is 0 Å². The van der Waals surface area contributed by atoms with Crippen molar-refractivity contribution in [2.75, 3.05) is 0 Å². The Morgan fingerprint density at radius 3 is 2.25 bits per heavy atom. The minimum atomic E-state index is -0.719. The molecule has 0 aromatic heterocycles. The first-order chi connectivity index (χ1) is 1.91. The second-order valence-corrected chi connectivity index (χ2v) is 1.44. The van der Waals surface area contributed by atoms with Crippen LogP contribution in [-0.2, 0) is 16.4 Å². The molecule has 2 nitrogen and oxygen atoms in total. The van der Waals surface area contributed by atoms with Crippen LogP contribution in [0.25, 0.3) is 0 Å². The molecule has 0 spiro atoms. The van der Waals surface area contributed by atoms with Gasteiger partial charge in [0.1, 0.15) is 0 Å².